The van der Waals surface area contributed by atoms with Gasteiger partial charge in [-0.2, -0.15) is 0 Å². The van der Waals surface area contributed by atoms with Gasteiger partial charge in [0.25, 0.3) is 0 Å². The smallest absolute Gasteiger partial charge is 0.139 e. The van der Waals surface area contributed by atoms with E-state index in [4.69, 9.17) is 22.8 Å². The summed E-state index contributed by atoms with van der Waals surface area (Å²) in [7, 11) is 0. The average molecular weight is 182 g/mol. The average Bonchev–Trinajstić information content (AvgIpc) is 2.05. The molecule has 62 valence electrons. The zero-order valence-electron chi connectivity index (χ0n) is 6.46. The highest BCUT2D eigenvalue weighted by Crippen LogP contribution is 2.14. The number of nitrogens with zero attached hydrogens (tertiary/aromatic N) is 1. The van der Waals surface area contributed by atoms with Crippen LogP contribution < -0.4 is 4.74 Å². The van der Waals surface area contributed by atoms with Crippen LogP contribution in [0.3, 0.4) is 0 Å². The maximum Gasteiger partial charge on any atom is 0.139 e. The summed E-state index contributed by atoms with van der Waals surface area (Å²) in [5, 5.41) is 0.563. The largest absolute Gasteiger partial charge is 0.491 e. The van der Waals surface area contributed by atoms with E-state index >= 15 is 0 Å². The fraction of sp³-hybridized carbons (Fsp3) is 0.222. The third-order valence-corrected chi connectivity index (χ3v) is 1.40. The first-order valence-electron chi connectivity index (χ1n) is 3.50. The molecule has 0 radical (unpaired) electrons. The van der Waals surface area contributed by atoms with Crippen LogP contribution in [0.15, 0.2) is 18.5 Å². The first-order chi connectivity index (χ1) is 5.83. The topological polar surface area (TPSA) is 22.1 Å². The lowest BCUT2D eigenvalue weighted by atomic mass is 10.4. The molecule has 1 aromatic heterocycles. The second-order valence-corrected chi connectivity index (χ2v) is 2.58. The zero-order valence-corrected chi connectivity index (χ0v) is 7.21. The molecule has 0 saturated heterocycles. The zero-order chi connectivity index (χ0) is 8.81. The minimum absolute atomic E-state index is 0.499. The van der Waals surface area contributed by atoms with Crippen molar-refractivity contribution < 1.29 is 4.74 Å². The van der Waals surface area contributed by atoms with Crippen molar-refractivity contribution >= 4 is 11.6 Å². The van der Waals surface area contributed by atoms with Gasteiger partial charge in [-0.15, -0.1) is 12.3 Å². The number of aromatic nitrogens is 1. The summed E-state index contributed by atoms with van der Waals surface area (Å²) < 4.78 is 5.24. The van der Waals surface area contributed by atoms with Crippen molar-refractivity contribution in [1.82, 2.24) is 4.98 Å². The van der Waals surface area contributed by atoms with Gasteiger partial charge in [-0.1, -0.05) is 11.6 Å². The van der Waals surface area contributed by atoms with E-state index in [1.807, 2.05) is 0 Å². The fourth-order valence-electron chi connectivity index (χ4n) is 0.699. The molecule has 3 heteroatoms. The maximum atomic E-state index is 5.67. The van der Waals surface area contributed by atoms with Gasteiger partial charge in [0.15, 0.2) is 0 Å². The molecule has 2 nitrogen and oxygen atoms in total. The van der Waals surface area contributed by atoms with Crippen molar-refractivity contribution in [1.29, 1.82) is 0 Å². The quantitative estimate of drug-likeness (QED) is 0.527. The molecule has 1 rings (SSSR count). The maximum absolute atomic E-state index is 5.67. The van der Waals surface area contributed by atoms with Gasteiger partial charge in [0.2, 0.25) is 0 Å². The van der Waals surface area contributed by atoms with Gasteiger partial charge in [0, 0.05) is 18.7 Å². The van der Waals surface area contributed by atoms with Crippen LogP contribution in [0, 0.1) is 12.3 Å². The first kappa shape index (κ1) is 8.89. The predicted molar refractivity (Wildman–Crippen MR) is 48.2 cm³/mol. The van der Waals surface area contributed by atoms with Crippen molar-refractivity contribution in [3.63, 3.8) is 0 Å². The van der Waals surface area contributed by atoms with Crippen molar-refractivity contribution in [3.05, 3.63) is 23.5 Å². The third-order valence-electron chi connectivity index (χ3n) is 1.19. The minimum Gasteiger partial charge on any atom is -0.491 e. The van der Waals surface area contributed by atoms with E-state index in [1.165, 1.54) is 0 Å². The van der Waals surface area contributed by atoms with E-state index in [0.717, 1.165) is 0 Å². The van der Waals surface area contributed by atoms with E-state index in [9.17, 15) is 0 Å². The Morgan fingerprint density at radius 2 is 2.42 bits per heavy atom. The molecule has 0 aliphatic carbocycles. The number of hydrogen-bond donors (Lipinski definition) is 0. The number of pyridine rings is 1. The van der Waals surface area contributed by atoms with E-state index in [2.05, 4.69) is 10.9 Å². The second kappa shape index (κ2) is 4.63. The molecule has 0 N–H and O–H groups in total. The molecule has 0 bridgehead atoms. The highest BCUT2D eigenvalue weighted by molar-refractivity contribution is 6.30. The van der Waals surface area contributed by atoms with Gasteiger partial charge < -0.3 is 4.74 Å². The lowest BCUT2D eigenvalue weighted by Crippen LogP contribution is -1.95. The molecule has 0 saturated carbocycles. The Labute approximate surface area is 76.5 Å². The summed E-state index contributed by atoms with van der Waals surface area (Å²) in [5.74, 6) is 3.12. The number of terminal acetylenes is 1. The Morgan fingerprint density at radius 1 is 1.58 bits per heavy atom. The van der Waals surface area contributed by atoms with Crippen molar-refractivity contribution in [2.45, 2.75) is 6.42 Å². The Bertz CT molecular complexity index is 293. The van der Waals surface area contributed by atoms with Gasteiger partial charge in [0.05, 0.1) is 17.8 Å². The van der Waals surface area contributed by atoms with Crippen molar-refractivity contribution in [2.24, 2.45) is 0 Å². The molecule has 0 unspecified atom stereocenters. The SMILES string of the molecule is C#CCCOc1cncc(Cl)c1. The standard InChI is InChI=1S/C9H8ClNO/c1-2-3-4-12-9-5-8(10)6-11-7-9/h1,5-7H,3-4H2. The monoisotopic (exact) mass is 181 g/mol. The number of hydrogen-bond acceptors (Lipinski definition) is 2. The molecule has 1 aromatic rings. The highest BCUT2D eigenvalue weighted by atomic mass is 35.5. The van der Waals surface area contributed by atoms with Crippen LogP contribution in [0.5, 0.6) is 5.75 Å². The van der Waals surface area contributed by atoms with Crippen molar-refractivity contribution in [2.75, 3.05) is 6.61 Å². The summed E-state index contributed by atoms with van der Waals surface area (Å²) in [6.45, 7) is 0.499. The van der Waals surface area contributed by atoms with Gasteiger partial charge in [0.1, 0.15) is 5.75 Å². The fourth-order valence-corrected chi connectivity index (χ4v) is 0.863. The lowest BCUT2D eigenvalue weighted by molar-refractivity contribution is 0.326. The molecule has 0 spiro atoms. The van der Waals surface area contributed by atoms with Crippen LogP contribution in [-0.4, -0.2) is 11.6 Å². The number of rotatable bonds is 3. The molecular weight excluding hydrogens is 174 g/mol. The van der Waals surface area contributed by atoms with Crippen LogP contribution >= 0.6 is 11.6 Å². The summed E-state index contributed by atoms with van der Waals surface area (Å²) in [6, 6.07) is 1.70. The van der Waals surface area contributed by atoms with Crippen LogP contribution in [0.4, 0.5) is 0 Å². The molecule has 0 amide bonds. The normalized spacial score (nSPS) is 9.00. The molecular formula is C9H8ClNO. The van der Waals surface area contributed by atoms with Gasteiger partial charge in [-0.25, -0.2) is 0 Å². The molecule has 0 fully saturated rings. The minimum atomic E-state index is 0.499. The first-order valence-corrected chi connectivity index (χ1v) is 3.87. The number of halogens is 1. The van der Waals surface area contributed by atoms with E-state index in [0.29, 0.717) is 23.8 Å². The van der Waals surface area contributed by atoms with Crippen LogP contribution in [0.1, 0.15) is 6.42 Å². The molecule has 0 atom stereocenters. The Morgan fingerprint density at radius 3 is 3.08 bits per heavy atom. The Kier molecular flexibility index (Phi) is 3.43. The van der Waals surface area contributed by atoms with Crippen molar-refractivity contribution in [3.8, 4) is 18.1 Å². The summed E-state index contributed by atoms with van der Waals surface area (Å²) in [4.78, 5) is 3.85. The van der Waals surface area contributed by atoms with Crippen LogP contribution in [-0.2, 0) is 0 Å². The molecule has 12 heavy (non-hydrogen) atoms. The van der Waals surface area contributed by atoms with E-state index in [1.54, 1.807) is 18.5 Å². The van der Waals surface area contributed by atoms with E-state index < -0.39 is 0 Å². The summed E-state index contributed by atoms with van der Waals surface area (Å²) in [6.07, 6.45) is 8.79. The third kappa shape index (κ3) is 2.81. The lowest BCUT2D eigenvalue weighted by Gasteiger charge is -2.02. The predicted octanol–water partition coefficient (Wildman–Crippen LogP) is 2.14. The second-order valence-electron chi connectivity index (χ2n) is 2.14. The molecule has 0 aliphatic heterocycles. The van der Waals surface area contributed by atoms with Gasteiger partial charge in [-0.05, 0) is 0 Å². The summed E-state index contributed by atoms with van der Waals surface area (Å²) >= 11 is 5.67. The summed E-state index contributed by atoms with van der Waals surface area (Å²) in [5.41, 5.74) is 0. The van der Waals surface area contributed by atoms with E-state index in [-0.39, 0.29) is 0 Å². The Hall–Kier alpha value is -1.20. The van der Waals surface area contributed by atoms with Gasteiger partial charge >= 0.3 is 0 Å². The highest BCUT2D eigenvalue weighted by Gasteiger charge is 1.93. The molecule has 0 aliphatic rings. The Balaban J connectivity index is 2.48. The van der Waals surface area contributed by atoms with Crippen LogP contribution in [0.25, 0.3) is 0 Å². The molecule has 1 heterocycles. The van der Waals surface area contributed by atoms with Gasteiger partial charge in [-0.3, -0.25) is 4.98 Å². The number of ether oxygens (including phenoxy) is 1. The molecule has 0 aromatic carbocycles. The van der Waals surface area contributed by atoms with Crippen LogP contribution in [0.2, 0.25) is 5.02 Å².